The Balaban J connectivity index is 2.68. The highest BCUT2D eigenvalue weighted by molar-refractivity contribution is 7.84. The first-order valence-corrected chi connectivity index (χ1v) is 7.57. The second-order valence-electron chi connectivity index (χ2n) is 3.59. The van der Waals surface area contributed by atoms with E-state index in [0.717, 1.165) is 0 Å². The largest absolute Gasteiger partial charge is 0.399 e. The Morgan fingerprint density at radius 1 is 1.39 bits per heavy atom. The van der Waals surface area contributed by atoms with Crippen molar-refractivity contribution in [3.8, 4) is 0 Å². The third kappa shape index (κ3) is 4.48. The van der Waals surface area contributed by atoms with Gasteiger partial charge in [0.25, 0.3) is 0 Å². The molecule has 0 aromatic heterocycles. The van der Waals surface area contributed by atoms with Crippen molar-refractivity contribution >= 4 is 51.3 Å². The van der Waals surface area contributed by atoms with Gasteiger partial charge in [0.05, 0.1) is 15.7 Å². The molecule has 1 aromatic carbocycles. The highest BCUT2D eigenvalue weighted by atomic mass is 35.5. The van der Waals surface area contributed by atoms with Gasteiger partial charge >= 0.3 is 0 Å². The number of nitrogen functional groups attached to an aromatic ring is 1. The first-order chi connectivity index (χ1) is 8.43. The smallest absolute Gasteiger partial charge is 0.225 e. The highest BCUT2D eigenvalue weighted by Crippen LogP contribution is 2.32. The van der Waals surface area contributed by atoms with Crippen LogP contribution in [-0.4, -0.2) is 21.6 Å². The van der Waals surface area contributed by atoms with Gasteiger partial charge in [0.15, 0.2) is 0 Å². The maximum Gasteiger partial charge on any atom is 0.225 e. The van der Waals surface area contributed by atoms with E-state index in [1.54, 1.807) is 0 Å². The predicted octanol–water partition coefficient (Wildman–Crippen LogP) is 2.67. The van der Waals surface area contributed by atoms with Gasteiger partial charge in [-0.25, -0.2) is 0 Å². The average molecular weight is 309 g/mol. The van der Waals surface area contributed by atoms with E-state index in [9.17, 15) is 9.00 Å². The maximum atomic E-state index is 11.6. The summed E-state index contributed by atoms with van der Waals surface area (Å²) in [5.74, 6) is 0.591. The van der Waals surface area contributed by atoms with Crippen LogP contribution in [0.1, 0.15) is 13.3 Å². The lowest BCUT2D eigenvalue weighted by Gasteiger charge is -2.10. The molecule has 0 saturated carbocycles. The lowest BCUT2D eigenvalue weighted by Crippen LogP contribution is -2.16. The molecule has 4 nitrogen and oxygen atoms in total. The number of carbonyl (C=O) groups is 1. The van der Waals surface area contributed by atoms with E-state index in [1.807, 2.05) is 6.92 Å². The van der Waals surface area contributed by atoms with Gasteiger partial charge in [0, 0.05) is 34.4 Å². The molecule has 1 aromatic rings. The molecule has 0 spiro atoms. The molecule has 1 rings (SSSR count). The van der Waals surface area contributed by atoms with Crippen molar-refractivity contribution < 1.29 is 9.00 Å². The van der Waals surface area contributed by atoms with Crippen LogP contribution in [0, 0.1) is 0 Å². The molecule has 0 saturated heterocycles. The molecule has 0 fully saturated rings. The standard InChI is InChI=1S/C11H14Cl2N2O2S/c1-2-18(17)4-3-10(16)15-11-8(12)5-7(14)6-9(11)13/h5-6H,2-4,14H2,1H3,(H,15,16). The number of hydrogen-bond donors (Lipinski definition) is 2. The van der Waals surface area contributed by atoms with E-state index in [4.69, 9.17) is 28.9 Å². The summed E-state index contributed by atoms with van der Waals surface area (Å²) in [6.45, 7) is 1.81. The molecule has 1 amide bonds. The molecule has 0 aliphatic rings. The van der Waals surface area contributed by atoms with Gasteiger partial charge in [0.2, 0.25) is 5.91 Å². The van der Waals surface area contributed by atoms with Crippen LogP contribution in [0.4, 0.5) is 11.4 Å². The van der Waals surface area contributed by atoms with Crippen molar-refractivity contribution in [2.75, 3.05) is 22.6 Å². The number of rotatable bonds is 5. The van der Waals surface area contributed by atoms with Crippen molar-refractivity contribution in [3.05, 3.63) is 22.2 Å². The van der Waals surface area contributed by atoms with Crippen LogP contribution in [0.5, 0.6) is 0 Å². The van der Waals surface area contributed by atoms with Crippen molar-refractivity contribution in [1.82, 2.24) is 0 Å². The summed E-state index contributed by atoms with van der Waals surface area (Å²) in [4.78, 5) is 11.6. The fourth-order valence-corrected chi connectivity index (χ4v) is 2.57. The van der Waals surface area contributed by atoms with Gasteiger partial charge in [0.1, 0.15) is 0 Å². The van der Waals surface area contributed by atoms with Crippen LogP contribution in [0.25, 0.3) is 0 Å². The number of nitrogens with one attached hydrogen (secondary N) is 1. The Morgan fingerprint density at radius 3 is 2.44 bits per heavy atom. The topological polar surface area (TPSA) is 72.2 Å². The van der Waals surface area contributed by atoms with Crippen LogP contribution in [0.2, 0.25) is 10.0 Å². The minimum Gasteiger partial charge on any atom is -0.399 e. The zero-order valence-corrected chi connectivity index (χ0v) is 12.2. The minimum atomic E-state index is -0.967. The van der Waals surface area contributed by atoms with E-state index >= 15 is 0 Å². The van der Waals surface area contributed by atoms with Gasteiger partial charge < -0.3 is 11.1 Å². The molecule has 1 atom stereocenters. The summed E-state index contributed by atoms with van der Waals surface area (Å²) in [5, 5.41) is 3.16. The molecule has 0 aliphatic carbocycles. The number of halogens is 2. The Labute approximate surface area is 118 Å². The molecule has 3 N–H and O–H groups in total. The van der Waals surface area contributed by atoms with E-state index in [0.29, 0.717) is 22.9 Å². The minimum absolute atomic E-state index is 0.164. The van der Waals surface area contributed by atoms with Gasteiger partial charge in [-0.05, 0) is 12.1 Å². The second-order valence-corrected chi connectivity index (χ2v) is 6.27. The van der Waals surface area contributed by atoms with Crippen molar-refractivity contribution in [2.24, 2.45) is 0 Å². The lowest BCUT2D eigenvalue weighted by atomic mass is 10.2. The Bertz CT molecular complexity index is 457. The summed E-state index contributed by atoms with van der Waals surface area (Å²) in [5.41, 5.74) is 6.31. The zero-order valence-electron chi connectivity index (χ0n) is 9.83. The summed E-state index contributed by atoms with van der Waals surface area (Å²) in [7, 11) is -0.967. The summed E-state index contributed by atoms with van der Waals surface area (Å²) < 4.78 is 11.2. The van der Waals surface area contributed by atoms with Crippen LogP contribution < -0.4 is 11.1 Å². The molecule has 7 heteroatoms. The second kappa shape index (κ2) is 6.97. The fraction of sp³-hybridized carbons (Fsp3) is 0.364. The van der Waals surface area contributed by atoms with Crippen LogP contribution in [-0.2, 0) is 15.6 Å². The number of carbonyl (C=O) groups excluding carboxylic acids is 1. The van der Waals surface area contributed by atoms with Crippen LogP contribution in [0.3, 0.4) is 0 Å². The molecular weight excluding hydrogens is 295 g/mol. The average Bonchev–Trinajstić information content (AvgIpc) is 2.30. The summed E-state index contributed by atoms with van der Waals surface area (Å²) >= 11 is 11.9. The quantitative estimate of drug-likeness (QED) is 0.821. The first-order valence-electron chi connectivity index (χ1n) is 5.33. The number of benzene rings is 1. The molecular formula is C11H14Cl2N2O2S. The summed E-state index contributed by atoms with van der Waals surface area (Å²) in [6, 6.07) is 3.01. The molecule has 1 unspecified atom stereocenters. The first kappa shape index (κ1) is 15.3. The molecule has 18 heavy (non-hydrogen) atoms. The molecule has 0 heterocycles. The number of hydrogen-bond acceptors (Lipinski definition) is 3. The van der Waals surface area contributed by atoms with Crippen molar-refractivity contribution in [3.63, 3.8) is 0 Å². The molecule has 100 valence electrons. The molecule has 0 bridgehead atoms. The lowest BCUT2D eigenvalue weighted by molar-refractivity contribution is -0.115. The van der Waals surface area contributed by atoms with E-state index in [-0.39, 0.29) is 22.4 Å². The SMILES string of the molecule is CCS(=O)CCC(=O)Nc1c(Cl)cc(N)cc1Cl. The van der Waals surface area contributed by atoms with Gasteiger partial charge in [-0.3, -0.25) is 9.00 Å². The molecule has 0 radical (unpaired) electrons. The fourth-order valence-electron chi connectivity index (χ4n) is 1.26. The number of anilines is 2. The van der Waals surface area contributed by atoms with E-state index < -0.39 is 10.8 Å². The van der Waals surface area contributed by atoms with Crippen LogP contribution in [0.15, 0.2) is 12.1 Å². The Morgan fingerprint density at radius 2 is 1.94 bits per heavy atom. The van der Waals surface area contributed by atoms with Crippen molar-refractivity contribution in [2.45, 2.75) is 13.3 Å². The predicted molar refractivity (Wildman–Crippen MR) is 77.7 cm³/mol. The Kier molecular flexibility index (Phi) is 5.91. The zero-order chi connectivity index (χ0) is 13.7. The van der Waals surface area contributed by atoms with Gasteiger partial charge in [-0.1, -0.05) is 30.1 Å². The summed E-state index contributed by atoms with van der Waals surface area (Å²) in [6.07, 6.45) is 0.164. The molecule has 0 aliphatic heterocycles. The maximum absolute atomic E-state index is 11.6. The monoisotopic (exact) mass is 308 g/mol. The van der Waals surface area contributed by atoms with Crippen LogP contribution >= 0.6 is 23.2 Å². The van der Waals surface area contributed by atoms with E-state index in [1.165, 1.54) is 12.1 Å². The van der Waals surface area contributed by atoms with Crippen molar-refractivity contribution in [1.29, 1.82) is 0 Å². The van der Waals surface area contributed by atoms with Gasteiger partial charge in [-0.15, -0.1) is 0 Å². The highest BCUT2D eigenvalue weighted by Gasteiger charge is 2.11. The number of nitrogens with two attached hydrogens (primary N) is 1. The number of amides is 1. The Hall–Kier alpha value is -0.780. The van der Waals surface area contributed by atoms with Gasteiger partial charge in [-0.2, -0.15) is 0 Å². The normalized spacial score (nSPS) is 12.2. The third-order valence-corrected chi connectivity index (χ3v) is 4.11. The third-order valence-electron chi connectivity index (χ3n) is 2.21. The van der Waals surface area contributed by atoms with E-state index in [2.05, 4.69) is 5.32 Å².